The number of amides is 1. The number of H-pyrrole nitrogens is 1. The van der Waals surface area contributed by atoms with Crippen molar-refractivity contribution in [2.24, 2.45) is 5.41 Å². The van der Waals surface area contributed by atoms with Gasteiger partial charge in [0.15, 0.2) is 5.69 Å². The zero-order valence-corrected chi connectivity index (χ0v) is 19.6. The maximum atomic E-state index is 14.2. The van der Waals surface area contributed by atoms with Crippen LogP contribution in [0.2, 0.25) is 5.02 Å². The number of hydrogen-bond donors (Lipinski definition) is 3. The maximum Gasteiger partial charge on any atom is 0.311 e. The first-order chi connectivity index (χ1) is 16.2. The third kappa shape index (κ3) is 6.39. The van der Waals surface area contributed by atoms with Crippen LogP contribution in [0.15, 0.2) is 48.7 Å². The second kappa shape index (κ2) is 11.2. The highest BCUT2D eigenvalue weighted by Gasteiger charge is 2.37. The Morgan fingerprint density at radius 1 is 1.26 bits per heavy atom. The molecule has 1 amide bonds. The van der Waals surface area contributed by atoms with Crippen molar-refractivity contribution in [3.63, 3.8) is 0 Å². The number of carbonyl (C=O) groups excluding carboxylic acids is 1. The molecule has 3 N–H and O–H groups in total. The number of benzene rings is 2. The van der Waals surface area contributed by atoms with Gasteiger partial charge in [0, 0.05) is 23.2 Å². The lowest BCUT2D eigenvalue weighted by atomic mass is 9.82. The molecule has 0 saturated heterocycles. The molecule has 0 aliphatic heterocycles. The second-order valence-electron chi connectivity index (χ2n) is 8.26. The Morgan fingerprint density at radius 3 is 2.62 bits per heavy atom. The summed E-state index contributed by atoms with van der Waals surface area (Å²) in [4.78, 5) is 24.6. The molecule has 0 fully saturated rings. The van der Waals surface area contributed by atoms with Gasteiger partial charge in [-0.3, -0.25) is 9.59 Å². The number of ether oxygens (including phenoxy) is 1. The third-order valence-electron chi connectivity index (χ3n) is 5.50. The molecule has 1 heterocycles. The molecule has 10 heteroatoms. The smallest absolute Gasteiger partial charge is 0.311 e. The topological polar surface area (TPSA) is 117 Å². The number of aromatic nitrogens is 3. The number of halogens is 2. The monoisotopic (exact) mass is 488 g/mol. The molecule has 2 aromatic carbocycles. The Balaban J connectivity index is 1.83. The number of nitrogens with zero attached hydrogens (tertiary/aromatic N) is 2. The molecule has 8 nitrogen and oxygen atoms in total. The van der Waals surface area contributed by atoms with E-state index in [1.165, 1.54) is 18.3 Å². The minimum atomic E-state index is -1.22. The van der Waals surface area contributed by atoms with Crippen LogP contribution in [0.5, 0.6) is 0 Å². The summed E-state index contributed by atoms with van der Waals surface area (Å²) in [5.74, 6) is -1.88. The zero-order chi connectivity index (χ0) is 24.7. The van der Waals surface area contributed by atoms with E-state index in [9.17, 15) is 19.1 Å². The Labute approximate surface area is 201 Å². The fourth-order valence-corrected chi connectivity index (χ4v) is 3.82. The van der Waals surface area contributed by atoms with Gasteiger partial charge < -0.3 is 15.2 Å². The molecular formula is C24H26ClFN4O4. The van der Waals surface area contributed by atoms with Gasteiger partial charge in [0.05, 0.1) is 18.2 Å². The molecule has 180 valence electrons. The Bertz CT molecular complexity index is 1120. The van der Waals surface area contributed by atoms with Gasteiger partial charge in [0.2, 0.25) is 0 Å². The third-order valence-corrected chi connectivity index (χ3v) is 5.73. The van der Waals surface area contributed by atoms with Crippen molar-refractivity contribution in [1.82, 2.24) is 20.7 Å². The summed E-state index contributed by atoms with van der Waals surface area (Å²) in [5.41, 5.74) is 0.741. The van der Waals surface area contributed by atoms with Gasteiger partial charge in [-0.25, -0.2) is 4.39 Å². The first-order valence-electron chi connectivity index (χ1n) is 10.7. The van der Waals surface area contributed by atoms with Gasteiger partial charge in [-0.1, -0.05) is 35.9 Å². The summed E-state index contributed by atoms with van der Waals surface area (Å²) in [6, 6.07) is 11.0. The zero-order valence-electron chi connectivity index (χ0n) is 18.8. The van der Waals surface area contributed by atoms with E-state index in [1.54, 1.807) is 32.0 Å². The van der Waals surface area contributed by atoms with Crippen LogP contribution >= 0.6 is 11.6 Å². The molecular weight excluding hydrogens is 463 g/mol. The first kappa shape index (κ1) is 25.3. The number of nitrogens with one attached hydrogen (secondary N) is 2. The van der Waals surface area contributed by atoms with E-state index in [0.29, 0.717) is 29.2 Å². The quantitative estimate of drug-likeness (QED) is 0.373. The number of aliphatic carboxylic acids is 1. The van der Waals surface area contributed by atoms with Gasteiger partial charge in [-0.15, -0.1) is 0 Å². The summed E-state index contributed by atoms with van der Waals surface area (Å²) >= 11 is 6.00. The molecule has 0 spiro atoms. The predicted molar refractivity (Wildman–Crippen MR) is 125 cm³/mol. The molecule has 2 atom stereocenters. The summed E-state index contributed by atoms with van der Waals surface area (Å²) in [7, 11) is 0. The number of carbonyl (C=O) groups is 2. The number of rotatable bonds is 11. The highest BCUT2D eigenvalue weighted by atomic mass is 35.5. The second-order valence-corrected chi connectivity index (χ2v) is 8.69. The van der Waals surface area contributed by atoms with E-state index in [4.69, 9.17) is 16.3 Å². The Hall–Kier alpha value is -3.30. The molecule has 0 aliphatic rings. The molecule has 1 aromatic heterocycles. The van der Waals surface area contributed by atoms with Crippen LogP contribution in [0, 0.1) is 11.2 Å². The van der Waals surface area contributed by atoms with Gasteiger partial charge in [0.1, 0.15) is 5.82 Å². The number of hydrogen-bond acceptors (Lipinski definition) is 5. The molecule has 0 unspecified atom stereocenters. The number of aromatic amines is 1. The molecule has 0 bridgehead atoms. The molecule has 34 heavy (non-hydrogen) atoms. The minimum Gasteiger partial charge on any atom is -0.481 e. The van der Waals surface area contributed by atoms with E-state index < -0.39 is 23.3 Å². The molecule has 3 rings (SSSR count). The predicted octanol–water partition coefficient (Wildman–Crippen LogP) is 4.12. The Kier molecular flexibility index (Phi) is 8.36. The van der Waals surface area contributed by atoms with Crippen LogP contribution < -0.4 is 5.32 Å². The lowest BCUT2D eigenvalue weighted by Gasteiger charge is -2.30. The number of carboxylic acids is 1. The van der Waals surface area contributed by atoms with Crippen LogP contribution in [0.4, 0.5) is 4.39 Å². The van der Waals surface area contributed by atoms with Crippen LogP contribution in [-0.4, -0.2) is 51.6 Å². The van der Waals surface area contributed by atoms with Crippen molar-refractivity contribution in [2.45, 2.75) is 32.7 Å². The van der Waals surface area contributed by atoms with Gasteiger partial charge in [-0.2, -0.15) is 15.4 Å². The average Bonchev–Trinajstić information content (AvgIpc) is 3.35. The van der Waals surface area contributed by atoms with Crippen LogP contribution in [0.25, 0.3) is 11.1 Å². The van der Waals surface area contributed by atoms with Crippen molar-refractivity contribution in [3.05, 3.63) is 70.8 Å². The van der Waals surface area contributed by atoms with Crippen LogP contribution in [-0.2, 0) is 16.0 Å². The Morgan fingerprint density at radius 2 is 2.00 bits per heavy atom. The summed E-state index contributed by atoms with van der Waals surface area (Å²) < 4.78 is 19.6. The van der Waals surface area contributed by atoms with Gasteiger partial charge in [-0.05, 0) is 56.0 Å². The largest absolute Gasteiger partial charge is 0.481 e. The maximum absolute atomic E-state index is 14.2. The van der Waals surface area contributed by atoms with Crippen molar-refractivity contribution >= 4 is 23.5 Å². The van der Waals surface area contributed by atoms with E-state index in [2.05, 4.69) is 20.7 Å². The van der Waals surface area contributed by atoms with Crippen LogP contribution in [0.3, 0.4) is 0 Å². The summed E-state index contributed by atoms with van der Waals surface area (Å²) in [6.45, 7) is 3.75. The van der Waals surface area contributed by atoms with Crippen LogP contribution in [0.1, 0.15) is 36.3 Å². The van der Waals surface area contributed by atoms with Gasteiger partial charge >= 0.3 is 5.97 Å². The standard InChI is InChI=1S/C24H26ClFN4O4/c1-3-34-14-24(2,23(32)33)12-18(28-22(31)21-13-27-30-29-21)10-15-4-6-16(7-5-15)19-11-17(25)8-9-20(19)26/h4-9,11,13,18H,3,10,12,14H2,1-2H3,(H,28,31)(H,32,33)(H,27,29,30)/t18-,24+/m1/s1. The molecule has 0 radical (unpaired) electrons. The minimum absolute atomic E-state index is 0.00213. The summed E-state index contributed by atoms with van der Waals surface area (Å²) in [6.07, 6.45) is 1.75. The molecule has 0 aliphatic carbocycles. The van der Waals surface area contributed by atoms with Crippen molar-refractivity contribution < 1.29 is 23.8 Å². The highest BCUT2D eigenvalue weighted by molar-refractivity contribution is 6.30. The fourth-order valence-electron chi connectivity index (χ4n) is 3.65. The van der Waals surface area contributed by atoms with Crippen molar-refractivity contribution in [2.75, 3.05) is 13.2 Å². The van der Waals surface area contributed by atoms with E-state index in [1.807, 2.05) is 12.1 Å². The summed E-state index contributed by atoms with van der Waals surface area (Å²) in [5, 5.41) is 22.9. The highest BCUT2D eigenvalue weighted by Crippen LogP contribution is 2.29. The van der Waals surface area contributed by atoms with Crippen molar-refractivity contribution in [3.8, 4) is 11.1 Å². The van der Waals surface area contributed by atoms with Gasteiger partial charge in [0.25, 0.3) is 5.91 Å². The molecule has 0 saturated carbocycles. The number of carboxylic acid groups (broad SMARTS) is 1. The first-order valence-corrected chi connectivity index (χ1v) is 11.1. The normalized spacial score (nSPS) is 13.8. The van der Waals surface area contributed by atoms with Crippen molar-refractivity contribution in [1.29, 1.82) is 0 Å². The van der Waals surface area contributed by atoms with E-state index in [-0.39, 0.29) is 24.5 Å². The fraction of sp³-hybridized carbons (Fsp3) is 0.333. The molecule has 3 aromatic rings. The lowest BCUT2D eigenvalue weighted by molar-refractivity contribution is -0.152. The lowest BCUT2D eigenvalue weighted by Crippen LogP contribution is -2.44. The van der Waals surface area contributed by atoms with E-state index >= 15 is 0 Å². The SMILES string of the molecule is CCOC[C@](C)(C[C@@H](Cc1ccc(-c2cc(Cl)ccc2F)cc1)NC(=O)c1cn[nH]n1)C(=O)O. The van der Waals surface area contributed by atoms with E-state index in [0.717, 1.165) is 5.56 Å². The average molecular weight is 489 g/mol.